The van der Waals surface area contributed by atoms with E-state index in [1.165, 1.54) is 22.9 Å². The van der Waals surface area contributed by atoms with Crippen LogP contribution in [0.1, 0.15) is 12.5 Å². The van der Waals surface area contributed by atoms with Gasteiger partial charge in [-0.15, -0.1) is 10.2 Å². The molecule has 0 aliphatic rings. The topological polar surface area (TPSA) is 77.0 Å². The predicted molar refractivity (Wildman–Crippen MR) is 104 cm³/mol. The van der Waals surface area contributed by atoms with Crippen LogP contribution in [-0.2, 0) is 11.3 Å². The van der Waals surface area contributed by atoms with Gasteiger partial charge in [0.15, 0.2) is 5.82 Å². The number of amides is 1. The molecule has 0 spiro atoms. The standard InChI is InChI=1S/C19H19F2N5OS/c1-2-25(11-13-6-5-7-14(20)10-13)17(27)12-28-19-24-23-18(26(19)22)15-8-3-4-9-16(15)21/h3-10H,2,11-12,22H2,1H3. The zero-order valence-corrected chi connectivity index (χ0v) is 16.0. The summed E-state index contributed by atoms with van der Waals surface area (Å²) in [5.74, 6) is 5.29. The van der Waals surface area contributed by atoms with Crippen LogP contribution in [0.3, 0.4) is 0 Å². The number of halogens is 2. The van der Waals surface area contributed by atoms with Crippen LogP contribution in [0.2, 0.25) is 0 Å². The van der Waals surface area contributed by atoms with Gasteiger partial charge in [-0.3, -0.25) is 4.79 Å². The van der Waals surface area contributed by atoms with Crippen LogP contribution < -0.4 is 5.84 Å². The molecule has 1 aromatic heterocycles. The Morgan fingerprint density at radius 1 is 1.18 bits per heavy atom. The van der Waals surface area contributed by atoms with Crippen molar-refractivity contribution in [3.8, 4) is 11.4 Å². The highest BCUT2D eigenvalue weighted by atomic mass is 32.2. The fourth-order valence-corrected chi connectivity index (χ4v) is 3.41. The van der Waals surface area contributed by atoms with E-state index in [2.05, 4.69) is 10.2 Å². The molecule has 28 heavy (non-hydrogen) atoms. The molecular weight excluding hydrogens is 384 g/mol. The first-order valence-corrected chi connectivity index (χ1v) is 9.58. The number of hydrogen-bond acceptors (Lipinski definition) is 5. The monoisotopic (exact) mass is 403 g/mol. The lowest BCUT2D eigenvalue weighted by molar-refractivity contribution is -0.128. The maximum atomic E-state index is 13.9. The van der Waals surface area contributed by atoms with Gasteiger partial charge in [0.25, 0.3) is 0 Å². The number of carbonyl (C=O) groups is 1. The SMILES string of the molecule is CCN(Cc1cccc(F)c1)C(=O)CSc1nnc(-c2ccccc2F)n1N. The lowest BCUT2D eigenvalue weighted by Gasteiger charge is -2.20. The Bertz CT molecular complexity index is 978. The summed E-state index contributed by atoms with van der Waals surface area (Å²) in [6.45, 7) is 2.64. The molecule has 2 N–H and O–H groups in total. The Morgan fingerprint density at radius 3 is 2.68 bits per heavy atom. The summed E-state index contributed by atoms with van der Waals surface area (Å²) >= 11 is 1.11. The lowest BCUT2D eigenvalue weighted by atomic mass is 10.2. The fourth-order valence-electron chi connectivity index (χ4n) is 2.65. The van der Waals surface area contributed by atoms with Crippen molar-refractivity contribution in [2.45, 2.75) is 18.6 Å². The van der Waals surface area contributed by atoms with E-state index in [4.69, 9.17) is 5.84 Å². The van der Waals surface area contributed by atoms with Crippen molar-refractivity contribution in [1.82, 2.24) is 19.8 Å². The molecule has 0 unspecified atom stereocenters. The minimum atomic E-state index is -0.457. The molecule has 3 aromatic rings. The molecule has 1 heterocycles. The average molecular weight is 403 g/mol. The Balaban J connectivity index is 1.66. The van der Waals surface area contributed by atoms with Gasteiger partial charge in [-0.1, -0.05) is 36.0 Å². The molecule has 1 amide bonds. The molecule has 0 saturated carbocycles. The quantitative estimate of drug-likeness (QED) is 0.485. The Labute approximate surface area is 165 Å². The van der Waals surface area contributed by atoms with Crippen molar-refractivity contribution < 1.29 is 13.6 Å². The third-order valence-corrected chi connectivity index (χ3v) is 5.03. The molecule has 0 aliphatic heterocycles. The van der Waals surface area contributed by atoms with E-state index in [9.17, 15) is 13.6 Å². The smallest absolute Gasteiger partial charge is 0.233 e. The Kier molecular flexibility index (Phi) is 6.25. The molecular formula is C19H19F2N5OS. The largest absolute Gasteiger partial charge is 0.338 e. The summed E-state index contributed by atoms with van der Waals surface area (Å²) in [5.41, 5.74) is 0.945. The maximum Gasteiger partial charge on any atom is 0.233 e. The number of benzene rings is 2. The van der Waals surface area contributed by atoms with Gasteiger partial charge in [0, 0.05) is 13.1 Å². The molecule has 0 saturated heterocycles. The second-order valence-corrected chi connectivity index (χ2v) is 6.93. The average Bonchev–Trinajstić information content (AvgIpc) is 3.05. The summed E-state index contributed by atoms with van der Waals surface area (Å²) in [4.78, 5) is 14.1. The minimum Gasteiger partial charge on any atom is -0.338 e. The van der Waals surface area contributed by atoms with Crippen LogP contribution in [0.5, 0.6) is 0 Å². The van der Waals surface area contributed by atoms with Crippen molar-refractivity contribution >= 4 is 17.7 Å². The van der Waals surface area contributed by atoms with Crippen molar-refractivity contribution in [1.29, 1.82) is 0 Å². The maximum absolute atomic E-state index is 13.9. The predicted octanol–water partition coefficient (Wildman–Crippen LogP) is 3.08. The number of hydrogen-bond donors (Lipinski definition) is 1. The van der Waals surface area contributed by atoms with Crippen LogP contribution in [-0.4, -0.2) is 38.0 Å². The first kappa shape index (κ1) is 19.8. The molecule has 0 bridgehead atoms. The van der Waals surface area contributed by atoms with Gasteiger partial charge >= 0.3 is 0 Å². The van der Waals surface area contributed by atoms with Crippen LogP contribution in [0, 0.1) is 11.6 Å². The number of thioether (sulfide) groups is 1. The normalized spacial score (nSPS) is 10.8. The number of aromatic nitrogens is 3. The third kappa shape index (κ3) is 4.48. The van der Waals surface area contributed by atoms with E-state index in [1.807, 2.05) is 6.92 Å². The van der Waals surface area contributed by atoms with Gasteiger partial charge in [-0.2, -0.15) is 0 Å². The van der Waals surface area contributed by atoms with Gasteiger partial charge in [-0.05, 0) is 36.8 Å². The van der Waals surface area contributed by atoms with Crippen LogP contribution in [0.25, 0.3) is 11.4 Å². The van der Waals surface area contributed by atoms with Crippen molar-refractivity contribution in [2.75, 3.05) is 18.1 Å². The van der Waals surface area contributed by atoms with Crippen LogP contribution >= 0.6 is 11.8 Å². The Morgan fingerprint density at radius 2 is 1.96 bits per heavy atom. The fraction of sp³-hybridized carbons (Fsp3) is 0.211. The molecule has 2 aromatic carbocycles. The zero-order valence-electron chi connectivity index (χ0n) is 15.2. The highest BCUT2D eigenvalue weighted by Gasteiger charge is 2.18. The molecule has 0 aliphatic carbocycles. The third-order valence-electron chi connectivity index (χ3n) is 4.10. The lowest BCUT2D eigenvalue weighted by Crippen LogP contribution is -2.32. The second kappa shape index (κ2) is 8.83. The highest BCUT2D eigenvalue weighted by molar-refractivity contribution is 7.99. The summed E-state index contributed by atoms with van der Waals surface area (Å²) in [6, 6.07) is 12.3. The number of nitrogens with two attached hydrogens (primary N) is 1. The number of rotatable bonds is 7. The molecule has 0 atom stereocenters. The van der Waals surface area contributed by atoms with Crippen molar-refractivity contribution in [3.63, 3.8) is 0 Å². The molecule has 0 fully saturated rings. The van der Waals surface area contributed by atoms with E-state index in [0.29, 0.717) is 23.8 Å². The second-order valence-electron chi connectivity index (χ2n) is 5.98. The number of nitrogens with zero attached hydrogens (tertiary/aromatic N) is 4. The minimum absolute atomic E-state index is 0.0791. The summed E-state index contributed by atoms with van der Waals surface area (Å²) in [6.07, 6.45) is 0. The molecule has 3 rings (SSSR count). The number of nitrogen functional groups attached to an aromatic ring is 1. The molecule has 9 heteroatoms. The Hall–Kier alpha value is -2.94. The van der Waals surface area contributed by atoms with E-state index in [-0.39, 0.29) is 28.9 Å². The van der Waals surface area contributed by atoms with E-state index in [0.717, 1.165) is 11.8 Å². The summed E-state index contributed by atoms with van der Waals surface area (Å²) in [5, 5.41) is 8.18. The first-order chi connectivity index (χ1) is 13.5. The van der Waals surface area contributed by atoms with Crippen molar-refractivity contribution in [2.24, 2.45) is 0 Å². The summed E-state index contributed by atoms with van der Waals surface area (Å²) in [7, 11) is 0. The van der Waals surface area contributed by atoms with Gasteiger partial charge in [-0.25, -0.2) is 13.5 Å². The van der Waals surface area contributed by atoms with Crippen molar-refractivity contribution in [3.05, 3.63) is 65.7 Å². The first-order valence-electron chi connectivity index (χ1n) is 8.60. The van der Waals surface area contributed by atoms with E-state index in [1.54, 1.807) is 35.2 Å². The zero-order chi connectivity index (χ0) is 20.1. The molecule has 6 nitrogen and oxygen atoms in total. The van der Waals surface area contributed by atoms with Crippen LogP contribution in [0.4, 0.5) is 8.78 Å². The highest BCUT2D eigenvalue weighted by Crippen LogP contribution is 2.24. The van der Waals surface area contributed by atoms with Gasteiger partial charge in [0.05, 0.1) is 11.3 Å². The van der Waals surface area contributed by atoms with E-state index < -0.39 is 5.82 Å². The summed E-state index contributed by atoms with van der Waals surface area (Å²) < 4.78 is 28.4. The molecule has 0 radical (unpaired) electrons. The van der Waals surface area contributed by atoms with E-state index >= 15 is 0 Å². The van der Waals surface area contributed by atoms with Gasteiger partial charge in [0.2, 0.25) is 11.1 Å². The number of carbonyl (C=O) groups excluding carboxylic acids is 1. The van der Waals surface area contributed by atoms with Gasteiger partial charge in [0.1, 0.15) is 11.6 Å². The van der Waals surface area contributed by atoms with Crippen LogP contribution in [0.15, 0.2) is 53.7 Å². The van der Waals surface area contributed by atoms with Gasteiger partial charge < -0.3 is 10.7 Å². The molecule has 146 valence electrons.